The zero-order valence-electron chi connectivity index (χ0n) is 14.3. The third-order valence-corrected chi connectivity index (χ3v) is 6.38. The molecule has 0 bridgehead atoms. The SMILES string of the molecule is Cc1ccc(Cl)cc1N(C(C)C(=O)Nc1ccc(Br)c(Cl)c1)S(C)(=O)=O. The summed E-state index contributed by atoms with van der Waals surface area (Å²) in [6, 6.07) is 8.83. The van der Waals surface area contributed by atoms with Crippen molar-refractivity contribution in [2.45, 2.75) is 19.9 Å². The molecule has 9 heteroatoms. The molecule has 1 atom stereocenters. The van der Waals surface area contributed by atoms with E-state index >= 15 is 0 Å². The number of benzene rings is 2. The molecule has 0 saturated heterocycles. The molecule has 5 nitrogen and oxygen atoms in total. The lowest BCUT2D eigenvalue weighted by molar-refractivity contribution is -0.116. The quantitative estimate of drug-likeness (QED) is 0.665. The number of hydrogen-bond donors (Lipinski definition) is 1. The van der Waals surface area contributed by atoms with Gasteiger partial charge in [0.2, 0.25) is 15.9 Å². The van der Waals surface area contributed by atoms with Crippen molar-refractivity contribution in [3.63, 3.8) is 0 Å². The fourth-order valence-electron chi connectivity index (χ4n) is 2.42. The van der Waals surface area contributed by atoms with E-state index in [4.69, 9.17) is 23.2 Å². The van der Waals surface area contributed by atoms with Crippen LogP contribution in [0.3, 0.4) is 0 Å². The predicted octanol–water partition coefficient (Wildman–Crippen LogP) is 4.86. The topological polar surface area (TPSA) is 66.5 Å². The predicted molar refractivity (Wildman–Crippen MR) is 111 cm³/mol. The minimum Gasteiger partial charge on any atom is -0.324 e. The van der Waals surface area contributed by atoms with Crippen LogP contribution in [0.1, 0.15) is 12.5 Å². The van der Waals surface area contributed by atoms with Crippen LogP contribution in [-0.2, 0) is 14.8 Å². The summed E-state index contributed by atoms with van der Waals surface area (Å²) in [5.41, 5.74) is 1.51. The molecule has 0 spiro atoms. The maximum absolute atomic E-state index is 12.7. The van der Waals surface area contributed by atoms with Crippen LogP contribution in [0.15, 0.2) is 40.9 Å². The van der Waals surface area contributed by atoms with E-state index in [1.807, 2.05) is 0 Å². The van der Waals surface area contributed by atoms with E-state index in [0.29, 0.717) is 31.5 Å². The summed E-state index contributed by atoms with van der Waals surface area (Å²) in [5.74, 6) is -0.492. The first-order valence-electron chi connectivity index (χ1n) is 7.52. The Balaban J connectivity index is 2.37. The highest BCUT2D eigenvalue weighted by Gasteiger charge is 2.30. The van der Waals surface area contributed by atoms with Gasteiger partial charge in [-0.1, -0.05) is 29.3 Å². The van der Waals surface area contributed by atoms with Crippen LogP contribution >= 0.6 is 39.1 Å². The minimum atomic E-state index is -3.73. The van der Waals surface area contributed by atoms with Crippen molar-refractivity contribution < 1.29 is 13.2 Å². The van der Waals surface area contributed by atoms with Gasteiger partial charge in [-0.05, 0) is 65.7 Å². The molecule has 1 unspecified atom stereocenters. The molecule has 0 saturated carbocycles. The summed E-state index contributed by atoms with van der Waals surface area (Å²) in [6.45, 7) is 3.26. The molecule has 0 radical (unpaired) electrons. The van der Waals surface area contributed by atoms with Crippen LogP contribution in [0.4, 0.5) is 11.4 Å². The molecule has 0 aromatic heterocycles. The summed E-state index contributed by atoms with van der Waals surface area (Å²) < 4.78 is 26.5. The highest BCUT2D eigenvalue weighted by molar-refractivity contribution is 9.10. The molecule has 0 heterocycles. The van der Waals surface area contributed by atoms with Gasteiger partial charge < -0.3 is 5.32 Å². The number of rotatable bonds is 5. The van der Waals surface area contributed by atoms with Crippen molar-refractivity contribution >= 4 is 66.4 Å². The Morgan fingerprint density at radius 2 is 1.85 bits per heavy atom. The first kappa shape index (κ1) is 21.0. The van der Waals surface area contributed by atoms with Crippen molar-refractivity contribution in [3.05, 3.63) is 56.5 Å². The zero-order chi connectivity index (χ0) is 19.6. The molecule has 1 amide bonds. The van der Waals surface area contributed by atoms with Gasteiger partial charge in [0.05, 0.1) is 17.0 Å². The minimum absolute atomic E-state index is 0.358. The Hall–Kier alpha value is -1.28. The number of carbonyl (C=O) groups excluding carboxylic acids is 1. The Labute approximate surface area is 171 Å². The number of sulfonamides is 1. The van der Waals surface area contributed by atoms with Crippen molar-refractivity contribution in [1.82, 2.24) is 0 Å². The van der Waals surface area contributed by atoms with Gasteiger partial charge in [-0.3, -0.25) is 9.10 Å². The molecule has 2 aromatic carbocycles. The zero-order valence-corrected chi connectivity index (χ0v) is 18.2. The molecule has 1 N–H and O–H groups in total. The summed E-state index contributed by atoms with van der Waals surface area (Å²) in [6.07, 6.45) is 1.05. The van der Waals surface area contributed by atoms with E-state index in [0.717, 1.165) is 10.6 Å². The second-order valence-electron chi connectivity index (χ2n) is 5.78. The molecule has 0 fully saturated rings. The lowest BCUT2D eigenvalue weighted by atomic mass is 10.1. The van der Waals surface area contributed by atoms with Crippen molar-refractivity contribution in [2.24, 2.45) is 0 Å². The maximum atomic E-state index is 12.7. The third-order valence-electron chi connectivity index (χ3n) is 3.68. The van der Waals surface area contributed by atoms with Gasteiger partial charge in [0, 0.05) is 15.2 Å². The van der Waals surface area contributed by atoms with Crippen LogP contribution in [0.2, 0.25) is 10.0 Å². The van der Waals surface area contributed by atoms with Gasteiger partial charge in [0.15, 0.2) is 0 Å². The lowest BCUT2D eigenvalue weighted by Crippen LogP contribution is -2.45. The fourth-order valence-corrected chi connectivity index (χ4v) is 4.24. The molecule has 26 heavy (non-hydrogen) atoms. The van der Waals surface area contributed by atoms with E-state index in [-0.39, 0.29) is 0 Å². The van der Waals surface area contributed by atoms with Crippen LogP contribution < -0.4 is 9.62 Å². The van der Waals surface area contributed by atoms with Gasteiger partial charge >= 0.3 is 0 Å². The third kappa shape index (κ3) is 4.91. The summed E-state index contributed by atoms with van der Waals surface area (Å²) in [5, 5.41) is 3.50. The largest absolute Gasteiger partial charge is 0.324 e. The van der Waals surface area contributed by atoms with E-state index in [1.165, 1.54) is 13.0 Å². The second-order valence-corrected chi connectivity index (χ2v) is 9.34. The number of nitrogens with one attached hydrogen (secondary N) is 1. The number of nitrogens with zero attached hydrogens (tertiary/aromatic N) is 1. The van der Waals surface area contributed by atoms with Gasteiger partial charge in [-0.25, -0.2) is 8.42 Å². The van der Waals surface area contributed by atoms with Gasteiger partial charge in [-0.2, -0.15) is 0 Å². The van der Waals surface area contributed by atoms with Crippen LogP contribution in [0.5, 0.6) is 0 Å². The van der Waals surface area contributed by atoms with Crippen LogP contribution in [0.25, 0.3) is 0 Å². The highest BCUT2D eigenvalue weighted by atomic mass is 79.9. The molecule has 2 rings (SSSR count). The maximum Gasteiger partial charge on any atom is 0.247 e. The van der Waals surface area contributed by atoms with Gasteiger partial charge in [0.1, 0.15) is 6.04 Å². The molecule has 0 aliphatic rings. The van der Waals surface area contributed by atoms with Gasteiger partial charge in [0.25, 0.3) is 0 Å². The lowest BCUT2D eigenvalue weighted by Gasteiger charge is -2.29. The number of anilines is 2. The Morgan fingerprint density at radius 1 is 1.19 bits per heavy atom. The van der Waals surface area contributed by atoms with Crippen LogP contribution in [-0.4, -0.2) is 26.6 Å². The number of halogens is 3. The monoisotopic (exact) mass is 478 g/mol. The summed E-state index contributed by atoms with van der Waals surface area (Å²) >= 11 is 15.3. The van der Waals surface area contributed by atoms with Crippen molar-refractivity contribution in [3.8, 4) is 0 Å². The first-order valence-corrected chi connectivity index (χ1v) is 10.9. The summed E-state index contributed by atoms with van der Waals surface area (Å²) in [4.78, 5) is 12.7. The Bertz CT molecular complexity index is 951. The molecule has 0 aliphatic heterocycles. The smallest absolute Gasteiger partial charge is 0.247 e. The molecule has 2 aromatic rings. The van der Waals surface area contributed by atoms with E-state index < -0.39 is 22.0 Å². The molecule has 140 valence electrons. The van der Waals surface area contributed by atoms with E-state index in [2.05, 4.69) is 21.2 Å². The van der Waals surface area contributed by atoms with Crippen molar-refractivity contribution in [2.75, 3.05) is 15.9 Å². The standard InChI is InChI=1S/C17H17BrCl2N2O3S/c1-10-4-5-12(19)8-16(10)22(26(3,24)25)11(2)17(23)21-13-6-7-14(18)15(20)9-13/h4-9,11H,1-3H3,(H,21,23). The average Bonchev–Trinajstić information content (AvgIpc) is 2.53. The second kappa shape index (κ2) is 8.17. The fraction of sp³-hybridized carbons (Fsp3) is 0.235. The Morgan fingerprint density at radius 3 is 2.42 bits per heavy atom. The molecular weight excluding hydrogens is 463 g/mol. The van der Waals surface area contributed by atoms with Crippen molar-refractivity contribution in [1.29, 1.82) is 0 Å². The number of amides is 1. The summed E-state index contributed by atoms with van der Waals surface area (Å²) in [7, 11) is -3.73. The highest BCUT2D eigenvalue weighted by Crippen LogP contribution is 2.29. The van der Waals surface area contributed by atoms with Crippen LogP contribution in [0, 0.1) is 6.92 Å². The van der Waals surface area contributed by atoms with Gasteiger partial charge in [-0.15, -0.1) is 0 Å². The number of hydrogen-bond acceptors (Lipinski definition) is 3. The molecule has 0 aliphatic carbocycles. The molecular formula is C17H17BrCl2N2O3S. The average molecular weight is 480 g/mol. The normalized spacial score (nSPS) is 12.5. The first-order chi connectivity index (χ1) is 12.0. The Kier molecular flexibility index (Phi) is 6.60. The van der Waals surface area contributed by atoms with E-state index in [9.17, 15) is 13.2 Å². The number of carbonyl (C=O) groups is 1. The number of aryl methyl sites for hydroxylation is 1. The van der Waals surface area contributed by atoms with E-state index in [1.54, 1.807) is 37.3 Å².